The highest BCUT2D eigenvalue weighted by molar-refractivity contribution is 5.94. The second kappa shape index (κ2) is 7.80. The van der Waals surface area contributed by atoms with Crippen LogP contribution in [0, 0.1) is 11.3 Å². The lowest BCUT2D eigenvalue weighted by molar-refractivity contribution is 0.0160. The average molecular weight is 371 g/mol. The smallest absolute Gasteiger partial charge is 0.254 e. The highest BCUT2D eigenvalue weighted by Crippen LogP contribution is 2.23. The van der Waals surface area contributed by atoms with Gasteiger partial charge in [-0.15, -0.1) is 0 Å². The van der Waals surface area contributed by atoms with E-state index < -0.39 is 0 Å². The summed E-state index contributed by atoms with van der Waals surface area (Å²) in [5.74, 6) is 1.84. The lowest BCUT2D eigenvalue weighted by atomic mass is 10.1. The Bertz CT molecular complexity index is 990. The minimum Gasteiger partial charge on any atom is -0.471 e. The van der Waals surface area contributed by atoms with Crippen LogP contribution in [0.2, 0.25) is 0 Å². The van der Waals surface area contributed by atoms with Gasteiger partial charge in [-0.3, -0.25) is 4.79 Å². The van der Waals surface area contributed by atoms with E-state index in [9.17, 15) is 4.79 Å². The Balaban J connectivity index is 1.30. The van der Waals surface area contributed by atoms with Crippen molar-refractivity contribution in [2.24, 2.45) is 0 Å². The Morgan fingerprint density at radius 1 is 1.00 bits per heavy atom. The minimum absolute atomic E-state index is 0.0427. The van der Waals surface area contributed by atoms with E-state index in [0.717, 1.165) is 5.75 Å². The molecule has 0 unspecified atom stereocenters. The van der Waals surface area contributed by atoms with Crippen LogP contribution in [0.1, 0.15) is 15.9 Å². The van der Waals surface area contributed by atoms with E-state index in [1.165, 1.54) is 6.20 Å². The lowest BCUT2D eigenvalue weighted by Gasteiger charge is -2.38. The molecule has 0 saturated carbocycles. The highest BCUT2D eigenvalue weighted by atomic mass is 16.5. The summed E-state index contributed by atoms with van der Waals surface area (Å²) >= 11 is 0. The van der Waals surface area contributed by atoms with E-state index in [1.54, 1.807) is 41.3 Å². The molecule has 1 aromatic heterocycles. The van der Waals surface area contributed by atoms with Crippen molar-refractivity contribution >= 4 is 5.91 Å². The number of hydrogen-bond donors (Lipinski definition) is 0. The zero-order chi connectivity index (χ0) is 19.3. The molecule has 0 radical (unpaired) electrons. The molecule has 0 aliphatic carbocycles. The number of carbonyl (C=O) groups excluding carboxylic acids is 1. The second-order valence-electron chi connectivity index (χ2n) is 6.39. The summed E-state index contributed by atoms with van der Waals surface area (Å²) < 4.78 is 11.5. The molecule has 1 saturated heterocycles. The van der Waals surface area contributed by atoms with E-state index in [4.69, 9.17) is 14.7 Å². The molecular weight excluding hydrogens is 354 g/mol. The Hall–Kier alpha value is -3.85. The SMILES string of the molecule is N#Cc1ccc(OC2CN(C(=O)c3ccc(Oc4ccccc4)cc3)C2)nc1. The molecule has 1 amide bonds. The number of amides is 1. The Kier molecular flexibility index (Phi) is 4.89. The number of nitrogens with zero attached hydrogens (tertiary/aromatic N) is 3. The molecule has 4 rings (SSSR count). The fourth-order valence-corrected chi connectivity index (χ4v) is 2.84. The molecule has 138 valence electrons. The molecule has 2 aromatic carbocycles. The van der Waals surface area contributed by atoms with Crippen LogP contribution < -0.4 is 9.47 Å². The predicted molar refractivity (Wildman–Crippen MR) is 102 cm³/mol. The average Bonchev–Trinajstić information content (AvgIpc) is 2.72. The molecule has 0 spiro atoms. The van der Waals surface area contributed by atoms with Crippen LogP contribution in [-0.2, 0) is 0 Å². The lowest BCUT2D eigenvalue weighted by Crippen LogP contribution is -2.56. The quantitative estimate of drug-likeness (QED) is 0.684. The van der Waals surface area contributed by atoms with Crippen LogP contribution in [0.5, 0.6) is 17.4 Å². The third kappa shape index (κ3) is 3.94. The maximum atomic E-state index is 12.6. The first-order valence-corrected chi connectivity index (χ1v) is 8.86. The normalized spacial score (nSPS) is 13.3. The molecule has 1 fully saturated rings. The molecule has 2 heterocycles. The summed E-state index contributed by atoms with van der Waals surface area (Å²) in [5, 5.41) is 8.78. The Morgan fingerprint density at radius 2 is 1.71 bits per heavy atom. The van der Waals surface area contributed by atoms with Gasteiger partial charge in [-0.1, -0.05) is 18.2 Å². The summed E-state index contributed by atoms with van der Waals surface area (Å²) in [4.78, 5) is 18.4. The molecule has 0 atom stereocenters. The number of likely N-dealkylation sites (tertiary alicyclic amines) is 1. The van der Waals surface area contributed by atoms with Crippen molar-refractivity contribution in [2.75, 3.05) is 13.1 Å². The molecule has 6 heteroatoms. The maximum absolute atomic E-state index is 12.6. The van der Waals surface area contributed by atoms with Gasteiger partial charge in [-0.25, -0.2) is 4.98 Å². The Labute approximate surface area is 162 Å². The first-order chi connectivity index (χ1) is 13.7. The second-order valence-corrected chi connectivity index (χ2v) is 6.39. The minimum atomic E-state index is -0.0925. The van der Waals surface area contributed by atoms with Gasteiger partial charge in [0.05, 0.1) is 18.7 Å². The van der Waals surface area contributed by atoms with Gasteiger partial charge in [0.2, 0.25) is 5.88 Å². The number of rotatable bonds is 5. The molecule has 6 nitrogen and oxygen atoms in total. The number of nitriles is 1. The number of ether oxygens (including phenoxy) is 2. The third-order valence-electron chi connectivity index (χ3n) is 4.37. The van der Waals surface area contributed by atoms with Gasteiger partial charge >= 0.3 is 0 Å². The summed E-state index contributed by atoms with van der Waals surface area (Å²) in [6.07, 6.45) is 1.38. The maximum Gasteiger partial charge on any atom is 0.254 e. The molecule has 1 aliphatic rings. The zero-order valence-electron chi connectivity index (χ0n) is 15.0. The zero-order valence-corrected chi connectivity index (χ0v) is 15.0. The fourth-order valence-electron chi connectivity index (χ4n) is 2.84. The molecule has 0 N–H and O–H groups in total. The van der Waals surface area contributed by atoms with Crippen molar-refractivity contribution in [3.8, 4) is 23.4 Å². The first-order valence-electron chi connectivity index (χ1n) is 8.86. The van der Waals surface area contributed by atoms with Crippen LogP contribution >= 0.6 is 0 Å². The van der Waals surface area contributed by atoms with Crippen molar-refractivity contribution in [1.29, 1.82) is 5.26 Å². The van der Waals surface area contributed by atoms with Crippen molar-refractivity contribution in [1.82, 2.24) is 9.88 Å². The van der Waals surface area contributed by atoms with Gasteiger partial charge in [-0.2, -0.15) is 5.26 Å². The van der Waals surface area contributed by atoms with Gasteiger partial charge in [-0.05, 0) is 42.5 Å². The van der Waals surface area contributed by atoms with Crippen LogP contribution in [0.25, 0.3) is 0 Å². The van der Waals surface area contributed by atoms with E-state index in [-0.39, 0.29) is 12.0 Å². The van der Waals surface area contributed by atoms with Crippen molar-refractivity contribution in [3.63, 3.8) is 0 Å². The third-order valence-corrected chi connectivity index (χ3v) is 4.37. The Morgan fingerprint density at radius 3 is 2.36 bits per heavy atom. The van der Waals surface area contributed by atoms with Gasteiger partial charge in [0.25, 0.3) is 5.91 Å². The number of carbonyl (C=O) groups is 1. The first kappa shape index (κ1) is 17.6. The molecular formula is C22H17N3O3. The van der Waals surface area contributed by atoms with Gasteiger partial charge in [0.15, 0.2) is 0 Å². The van der Waals surface area contributed by atoms with Crippen molar-refractivity contribution in [3.05, 3.63) is 84.1 Å². The number of benzene rings is 2. The van der Waals surface area contributed by atoms with E-state index in [0.29, 0.717) is 35.8 Å². The van der Waals surface area contributed by atoms with Crippen LogP contribution in [0.4, 0.5) is 0 Å². The number of para-hydroxylation sites is 1. The van der Waals surface area contributed by atoms with Crippen molar-refractivity contribution < 1.29 is 14.3 Å². The largest absolute Gasteiger partial charge is 0.471 e. The summed E-state index contributed by atoms with van der Waals surface area (Å²) in [6.45, 7) is 1.01. The predicted octanol–water partition coefficient (Wildman–Crippen LogP) is 3.65. The number of hydrogen-bond acceptors (Lipinski definition) is 5. The van der Waals surface area contributed by atoms with Crippen LogP contribution in [0.3, 0.4) is 0 Å². The summed E-state index contributed by atoms with van der Waals surface area (Å²) in [5.41, 5.74) is 1.09. The van der Waals surface area contributed by atoms with Crippen LogP contribution in [0.15, 0.2) is 72.9 Å². The van der Waals surface area contributed by atoms with Crippen molar-refractivity contribution in [2.45, 2.75) is 6.10 Å². The standard InChI is InChI=1S/C22H17N3O3/c23-12-16-6-11-21(24-13-16)28-20-14-25(15-20)22(26)17-7-9-19(10-8-17)27-18-4-2-1-3-5-18/h1-11,13,20H,14-15H2. The highest BCUT2D eigenvalue weighted by Gasteiger charge is 2.33. The molecule has 0 bridgehead atoms. The van der Waals surface area contributed by atoms with Gasteiger partial charge in [0.1, 0.15) is 23.7 Å². The number of aromatic nitrogens is 1. The summed E-state index contributed by atoms with van der Waals surface area (Å²) in [7, 11) is 0. The van der Waals surface area contributed by atoms with E-state index in [2.05, 4.69) is 4.98 Å². The monoisotopic (exact) mass is 371 g/mol. The molecule has 28 heavy (non-hydrogen) atoms. The van der Waals surface area contributed by atoms with E-state index >= 15 is 0 Å². The molecule has 1 aliphatic heterocycles. The number of pyridine rings is 1. The topological polar surface area (TPSA) is 75.5 Å². The van der Waals surface area contributed by atoms with Gasteiger partial charge in [0, 0.05) is 17.8 Å². The van der Waals surface area contributed by atoms with Crippen LogP contribution in [-0.4, -0.2) is 35.0 Å². The van der Waals surface area contributed by atoms with E-state index in [1.807, 2.05) is 36.4 Å². The van der Waals surface area contributed by atoms with Gasteiger partial charge < -0.3 is 14.4 Å². The molecule has 3 aromatic rings. The summed E-state index contributed by atoms with van der Waals surface area (Å²) in [6, 6.07) is 21.9. The fraction of sp³-hybridized carbons (Fsp3) is 0.136.